The highest BCUT2D eigenvalue weighted by atomic mass is 16.2. The Balaban J connectivity index is 3.28. The molecule has 0 fully saturated rings. The van der Waals surface area contributed by atoms with Gasteiger partial charge < -0.3 is 4.90 Å². The molecule has 0 aromatic heterocycles. The molecule has 0 unspecified atom stereocenters. The number of rotatable bonds is 8. The maximum absolute atomic E-state index is 10.9. The van der Waals surface area contributed by atoms with Crippen LogP contribution in [-0.2, 0) is 4.79 Å². The van der Waals surface area contributed by atoms with Gasteiger partial charge in [-0.15, -0.1) is 0 Å². The van der Waals surface area contributed by atoms with E-state index in [-0.39, 0.29) is 5.91 Å². The lowest BCUT2D eigenvalue weighted by Gasteiger charge is -2.10. The van der Waals surface area contributed by atoms with Crippen molar-refractivity contribution in [2.24, 2.45) is 0 Å². The topological polar surface area (TPSA) is 20.3 Å². The summed E-state index contributed by atoms with van der Waals surface area (Å²) in [6, 6.07) is 0. The molecule has 1 amide bonds. The first-order chi connectivity index (χ1) is 7.18. The first-order valence-corrected chi connectivity index (χ1v) is 6.05. The Labute approximate surface area is 94.4 Å². The SMILES string of the molecule is CCCCCCCC=CCN(C)C(C)=O. The highest BCUT2D eigenvalue weighted by Crippen LogP contribution is 2.05. The van der Waals surface area contributed by atoms with Gasteiger partial charge in [0.15, 0.2) is 0 Å². The van der Waals surface area contributed by atoms with E-state index in [0.29, 0.717) is 0 Å². The highest BCUT2D eigenvalue weighted by Gasteiger charge is 1.96. The smallest absolute Gasteiger partial charge is 0.219 e. The van der Waals surface area contributed by atoms with Crippen LogP contribution in [0.1, 0.15) is 52.4 Å². The molecule has 0 bridgehead atoms. The second kappa shape index (κ2) is 9.75. The van der Waals surface area contributed by atoms with Crippen molar-refractivity contribution >= 4 is 5.91 Å². The van der Waals surface area contributed by atoms with Gasteiger partial charge in [-0.25, -0.2) is 0 Å². The zero-order chi connectivity index (χ0) is 11.5. The lowest BCUT2D eigenvalue weighted by molar-refractivity contribution is -0.127. The first kappa shape index (κ1) is 14.2. The molecule has 0 aromatic rings. The maximum Gasteiger partial charge on any atom is 0.219 e. The van der Waals surface area contributed by atoms with Crippen molar-refractivity contribution in [3.63, 3.8) is 0 Å². The molecular formula is C13H25NO. The molecule has 0 N–H and O–H groups in total. The van der Waals surface area contributed by atoms with Gasteiger partial charge in [0.05, 0.1) is 0 Å². The summed E-state index contributed by atoms with van der Waals surface area (Å²) in [6.07, 6.45) is 12.1. The summed E-state index contributed by atoms with van der Waals surface area (Å²) >= 11 is 0. The summed E-state index contributed by atoms with van der Waals surface area (Å²) < 4.78 is 0. The van der Waals surface area contributed by atoms with Crippen molar-refractivity contribution in [2.45, 2.75) is 52.4 Å². The summed E-state index contributed by atoms with van der Waals surface area (Å²) in [6.45, 7) is 4.57. The summed E-state index contributed by atoms with van der Waals surface area (Å²) in [4.78, 5) is 12.6. The largest absolute Gasteiger partial charge is 0.342 e. The number of likely N-dealkylation sites (N-methyl/N-ethyl adjacent to an activating group) is 1. The predicted molar refractivity (Wildman–Crippen MR) is 65.8 cm³/mol. The molecule has 0 heterocycles. The van der Waals surface area contributed by atoms with Crippen molar-refractivity contribution in [3.8, 4) is 0 Å². The van der Waals surface area contributed by atoms with Gasteiger partial charge >= 0.3 is 0 Å². The second-order valence-corrected chi connectivity index (χ2v) is 4.07. The molecule has 88 valence electrons. The molecule has 0 aliphatic carbocycles. The highest BCUT2D eigenvalue weighted by molar-refractivity contribution is 5.72. The molecular weight excluding hydrogens is 186 g/mol. The van der Waals surface area contributed by atoms with Crippen molar-refractivity contribution in [2.75, 3.05) is 13.6 Å². The standard InChI is InChI=1S/C13H25NO/c1-4-5-6-7-8-9-10-11-12-14(3)13(2)15/h10-11H,4-9,12H2,1-3H3. The Morgan fingerprint density at radius 1 is 1.13 bits per heavy atom. The fourth-order valence-corrected chi connectivity index (χ4v) is 1.34. The Morgan fingerprint density at radius 2 is 1.80 bits per heavy atom. The number of amides is 1. The first-order valence-electron chi connectivity index (χ1n) is 6.05. The van der Waals surface area contributed by atoms with E-state index < -0.39 is 0 Å². The van der Waals surface area contributed by atoms with Crippen LogP contribution >= 0.6 is 0 Å². The number of carbonyl (C=O) groups excluding carboxylic acids is 1. The van der Waals surface area contributed by atoms with E-state index in [2.05, 4.69) is 19.1 Å². The van der Waals surface area contributed by atoms with Crippen LogP contribution < -0.4 is 0 Å². The zero-order valence-corrected chi connectivity index (χ0v) is 10.5. The number of allylic oxidation sites excluding steroid dienone is 1. The minimum atomic E-state index is 0.127. The number of hydrogen-bond donors (Lipinski definition) is 0. The summed E-state index contributed by atoms with van der Waals surface area (Å²) in [5.74, 6) is 0.127. The van der Waals surface area contributed by atoms with Gasteiger partial charge in [-0.3, -0.25) is 4.79 Å². The molecule has 2 heteroatoms. The number of carbonyl (C=O) groups is 1. The normalized spacial score (nSPS) is 10.9. The van der Waals surface area contributed by atoms with Crippen molar-refractivity contribution in [1.82, 2.24) is 4.90 Å². The lowest BCUT2D eigenvalue weighted by atomic mass is 10.1. The Hall–Kier alpha value is -0.790. The second-order valence-electron chi connectivity index (χ2n) is 4.07. The third-order valence-electron chi connectivity index (χ3n) is 2.56. The number of nitrogens with zero attached hydrogens (tertiary/aromatic N) is 1. The molecule has 0 rings (SSSR count). The number of hydrogen-bond acceptors (Lipinski definition) is 1. The molecule has 15 heavy (non-hydrogen) atoms. The molecule has 0 aliphatic heterocycles. The van der Waals surface area contributed by atoms with Crippen LogP contribution in [0.5, 0.6) is 0 Å². The van der Waals surface area contributed by atoms with Crippen LogP contribution in [0, 0.1) is 0 Å². The molecule has 0 radical (unpaired) electrons. The predicted octanol–water partition coefficient (Wildman–Crippen LogP) is 3.38. The molecule has 0 saturated heterocycles. The van der Waals surface area contributed by atoms with Crippen LogP contribution in [0.2, 0.25) is 0 Å². The van der Waals surface area contributed by atoms with Gasteiger partial charge in [-0.1, -0.05) is 44.8 Å². The van der Waals surface area contributed by atoms with Crippen molar-refractivity contribution < 1.29 is 4.79 Å². The van der Waals surface area contributed by atoms with Crippen molar-refractivity contribution in [1.29, 1.82) is 0 Å². The van der Waals surface area contributed by atoms with Gasteiger partial charge in [0.2, 0.25) is 5.91 Å². The van der Waals surface area contributed by atoms with Crippen molar-refractivity contribution in [3.05, 3.63) is 12.2 Å². The van der Waals surface area contributed by atoms with E-state index in [0.717, 1.165) is 13.0 Å². The van der Waals surface area contributed by atoms with E-state index in [9.17, 15) is 4.79 Å². The minimum absolute atomic E-state index is 0.127. The van der Waals surface area contributed by atoms with Gasteiger partial charge in [-0.05, 0) is 12.8 Å². The molecule has 0 spiro atoms. The fraction of sp³-hybridized carbons (Fsp3) is 0.769. The lowest BCUT2D eigenvalue weighted by Crippen LogP contribution is -2.23. The van der Waals surface area contributed by atoms with E-state index in [4.69, 9.17) is 0 Å². The monoisotopic (exact) mass is 211 g/mol. The van der Waals surface area contributed by atoms with Crippen LogP contribution in [0.25, 0.3) is 0 Å². The fourth-order valence-electron chi connectivity index (χ4n) is 1.34. The van der Waals surface area contributed by atoms with Gasteiger partial charge in [0, 0.05) is 20.5 Å². The average Bonchev–Trinajstić information content (AvgIpc) is 2.21. The third-order valence-corrected chi connectivity index (χ3v) is 2.56. The molecule has 0 aromatic carbocycles. The summed E-state index contributed by atoms with van der Waals surface area (Å²) in [5.41, 5.74) is 0. The third kappa shape index (κ3) is 9.51. The molecule has 0 saturated carbocycles. The Kier molecular flexibility index (Phi) is 9.24. The Bertz CT molecular complexity index is 187. The summed E-state index contributed by atoms with van der Waals surface area (Å²) in [7, 11) is 1.83. The van der Waals surface area contributed by atoms with Gasteiger partial charge in [-0.2, -0.15) is 0 Å². The molecule has 2 nitrogen and oxygen atoms in total. The quantitative estimate of drug-likeness (QED) is 0.445. The van der Waals surface area contributed by atoms with E-state index in [1.54, 1.807) is 11.8 Å². The van der Waals surface area contributed by atoms with E-state index >= 15 is 0 Å². The Morgan fingerprint density at radius 3 is 2.40 bits per heavy atom. The van der Waals surface area contributed by atoms with Crippen LogP contribution in [0.15, 0.2) is 12.2 Å². The maximum atomic E-state index is 10.9. The van der Waals surface area contributed by atoms with Gasteiger partial charge in [0.25, 0.3) is 0 Å². The van der Waals surface area contributed by atoms with Gasteiger partial charge in [0.1, 0.15) is 0 Å². The average molecular weight is 211 g/mol. The molecule has 0 aliphatic rings. The molecule has 0 atom stereocenters. The zero-order valence-electron chi connectivity index (χ0n) is 10.5. The minimum Gasteiger partial charge on any atom is -0.342 e. The van der Waals surface area contributed by atoms with Crippen LogP contribution in [-0.4, -0.2) is 24.4 Å². The van der Waals surface area contributed by atoms with E-state index in [1.165, 1.54) is 32.1 Å². The van der Waals surface area contributed by atoms with Crippen LogP contribution in [0.3, 0.4) is 0 Å². The number of unbranched alkanes of at least 4 members (excludes halogenated alkanes) is 5. The van der Waals surface area contributed by atoms with E-state index in [1.807, 2.05) is 7.05 Å². The van der Waals surface area contributed by atoms with Crippen LogP contribution in [0.4, 0.5) is 0 Å². The summed E-state index contributed by atoms with van der Waals surface area (Å²) in [5, 5.41) is 0.